The number of esters is 4. The van der Waals surface area contributed by atoms with Crippen LogP contribution in [0.3, 0.4) is 0 Å². The standard InChI is InChI=1S/C36H42O8/c1-4-6-8-10-12-14-34(38)42-29-19-15-27(16-20-29)35(39)43-31-23-24-32(26(3)25-31)44-36(40)28-17-21-30(22-18-28)41-33(37)13-11-9-7-5-2/h15-25H,4-14H2,1-3H3. The number of benzene rings is 3. The lowest BCUT2D eigenvalue weighted by Gasteiger charge is -2.11. The Morgan fingerprint density at radius 2 is 0.932 bits per heavy atom. The molecule has 0 atom stereocenters. The van der Waals surface area contributed by atoms with Crippen molar-refractivity contribution in [2.24, 2.45) is 0 Å². The second kappa shape index (κ2) is 18.3. The van der Waals surface area contributed by atoms with Gasteiger partial charge in [-0.1, -0.05) is 58.8 Å². The SMILES string of the molecule is CCCCCCCC(=O)Oc1ccc(C(=O)Oc2ccc(OC(=O)c3ccc(OC(=O)CCCCCC)cc3)c(C)c2)cc1. The van der Waals surface area contributed by atoms with Crippen molar-refractivity contribution in [3.63, 3.8) is 0 Å². The smallest absolute Gasteiger partial charge is 0.343 e. The maximum atomic E-state index is 12.7. The molecular weight excluding hydrogens is 560 g/mol. The minimum Gasteiger partial charge on any atom is -0.427 e. The van der Waals surface area contributed by atoms with E-state index in [9.17, 15) is 19.2 Å². The summed E-state index contributed by atoms with van der Waals surface area (Å²) in [5, 5.41) is 0. The van der Waals surface area contributed by atoms with Crippen LogP contribution in [0.5, 0.6) is 23.0 Å². The maximum absolute atomic E-state index is 12.7. The highest BCUT2D eigenvalue weighted by atomic mass is 16.5. The Balaban J connectivity index is 1.47. The van der Waals surface area contributed by atoms with E-state index in [1.165, 1.54) is 36.8 Å². The van der Waals surface area contributed by atoms with Crippen molar-refractivity contribution in [1.82, 2.24) is 0 Å². The molecule has 0 spiro atoms. The van der Waals surface area contributed by atoms with Crippen molar-refractivity contribution in [3.05, 3.63) is 83.4 Å². The number of rotatable bonds is 17. The normalized spacial score (nSPS) is 10.6. The number of hydrogen-bond acceptors (Lipinski definition) is 8. The topological polar surface area (TPSA) is 105 Å². The summed E-state index contributed by atoms with van der Waals surface area (Å²) in [6, 6.07) is 17.1. The Kier molecular flexibility index (Phi) is 14.1. The molecule has 0 aliphatic heterocycles. The molecule has 44 heavy (non-hydrogen) atoms. The average molecular weight is 603 g/mol. The zero-order chi connectivity index (χ0) is 31.7. The highest BCUT2D eigenvalue weighted by Gasteiger charge is 2.15. The predicted octanol–water partition coefficient (Wildman–Crippen LogP) is 8.58. The number of carbonyl (C=O) groups is 4. The van der Waals surface area contributed by atoms with E-state index in [0.717, 1.165) is 51.4 Å². The Labute approximate surface area is 259 Å². The van der Waals surface area contributed by atoms with E-state index in [1.807, 2.05) is 0 Å². The van der Waals surface area contributed by atoms with Crippen molar-refractivity contribution < 1.29 is 38.1 Å². The van der Waals surface area contributed by atoms with Gasteiger partial charge in [-0.15, -0.1) is 0 Å². The van der Waals surface area contributed by atoms with E-state index in [1.54, 1.807) is 43.3 Å². The van der Waals surface area contributed by atoms with Gasteiger partial charge in [0.2, 0.25) is 0 Å². The molecule has 3 rings (SSSR count). The number of carbonyl (C=O) groups excluding carboxylic acids is 4. The van der Waals surface area contributed by atoms with E-state index in [0.29, 0.717) is 46.8 Å². The lowest BCUT2D eigenvalue weighted by Crippen LogP contribution is -2.11. The van der Waals surface area contributed by atoms with Crippen molar-refractivity contribution in [2.45, 2.75) is 91.4 Å². The van der Waals surface area contributed by atoms with Crippen LogP contribution in [0.25, 0.3) is 0 Å². The third-order valence-corrected chi connectivity index (χ3v) is 6.92. The summed E-state index contributed by atoms with van der Waals surface area (Å²) in [5.74, 6) is -0.407. The molecular formula is C36H42O8. The van der Waals surface area contributed by atoms with Crippen LogP contribution in [0, 0.1) is 6.92 Å². The summed E-state index contributed by atoms with van der Waals surface area (Å²) >= 11 is 0. The first kappa shape index (κ1) is 34.0. The molecule has 0 amide bonds. The van der Waals surface area contributed by atoms with Gasteiger partial charge >= 0.3 is 23.9 Å². The zero-order valence-electron chi connectivity index (χ0n) is 25.9. The lowest BCUT2D eigenvalue weighted by molar-refractivity contribution is -0.135. The number of ether oxygens (including phenoxy) is 4. The zero-order valence-corrected chi connectivity index (χ0v) is 25.9. The second-order valence-electron chi connectivity index (χ2n) is 10.7. The largest absolute Gasteiger partial charge is 0.427 e. The molecule has 0 aliphatic rings. The minimum absolute atomic E-state index is 0.284. The molecule has 0 radical (unpaired) electrons. The summed E-state index contributed by atoms with van der Waals surface area (Å²) in [6.07, 6.45) is 9.92. The van der Waals surface area contributed by atoms with Gasteiger partial charge in [-0.2, -0.15) is 0 Å². The lowest BCUT2D eigenvalue weighted by atomic mass is 10.1. The van der Waals surface area contributed by atoms with Crippen LogP contribution >= 0.6 is 0 Å². The van der Waals surface area contributed by atoms with E-state index in [4.69, 9.17) is 18.9 Å². The van der Waals surface area contributed by atoms with Gasteiger partial charge in [-0.25, -0.2) is 9.59 Å². The molecule has 0 fully saturated rings. The summed E-state index contributed by atoms with van der Waals surface area (Å²) in [7, 11) is 0. The molecule has 0 saturated carbocycles. The van der Waals surface area contributed by atoms with Crippen LogP contribution in [0.2, 0.25) is 0 Å². The maximum Gasteiger partial charge on any atom is 0.343 e. The number of unbranched alkanes of at least 4 members (excludes halogenated alkanes) is 7. The van der Waals surface area contributed by atoms with E-state index < -0.39 is 11.9 Å². The quantitative estimate of drug-likeness (QED) is 0.0859. The minimum atomic E-state index is -0.579. The number of aryl methyl sites for hydroxylation is 1. The van der Waals surface area contributed by atoms with Crippen molar-refractivity contribution in [1.29, 1.82) is 0 Å². The molecule has 0 N–H and O–H groups in total. The Bertz CT molecular complexity index is 1380. The first-order chi connectivity index (χ1) is 21.3. The first-order valence-corrected chi connectivity index (χ1v) is 15.5. The fraction of sp³-hybridized carbons (Fsp3) is 0.389. The molecule has 0 unspecified atom stereocenters. The van der Waals surface area contributed by atoms with E-state index >= 15 is 0 Å². The fourth-order valence-electron chi connectivity index (χ4n) is 4.38. The molecule has 0 bridgehead atoms. The average Bonchev–Trinajstić information content (AvgIpc) is 3.01. The van der Waals surface area contributed by atoms with Gasteiger partial charge in [0.25, 0.3) is 0 Å². The van der Waals surface area contributed by atoms with Crippen molar-refractivity contribution in [2.75, 3.05) is 0 Å². The van der Waals surface area contributed by atoms with Crippen molar-refractivity contribution >= 4 is 23.9 Å². The molecule has 8 nitrogen and oxygen atoms in total. The molecule has 0 aliphatic carbocycles. The molecule has 3 aromatic carbocycles. The Hall–Kier alpha value is -4.46. The monoisotopic (exact) mass is 602 g/mol. The van der Waals surface area contributed by atoms with Gasteiger partial charge in [0.05, 0.1) is 11.1 Å². The van der Waals surface area contributed by atoms with Crippen LogP contribution < -0.4 is 18.9 Å². The highest BCUT2D eigenvalue weighted by Crippen LogP contribution is 2.26. The predicted molar refractivity (Wildman–Crippen MR) is 167 cm³/mol. The molecule has 8 heteroatoms. The Morgan fingerprint density at radius 1 is 0.500 bits per heavy atom. The first-order valence-electron chi connectivity index (χ1n) is 15.5. The van der Waals surface area contributed by atoms with Gasteiger partial charge in [-0.05, 0) is 92.1 Å². The molecule has 234 valence electrons. The van der Waals surface area contributed by atoms with E-state index in [2.05, 4.69) is 13.8 Å². The fourth-order valence-corrected chi connectivity index (χ4v) is 4.38. The van der Waals surface area contributed by atoms with Crippen molar-refractivity contribution in [3.8, 4) is 23.0 Å². The van der Waals surface area contributed by atoms with Gasteiger partial charge in [0, 0.05) is 12.8 Å². The van der Waals surface area contributed by atoms with Gasteiger partial charge in [-0.3, -0.25) is 9.59 Å². The van der Waals surface area contributed by atoms with Gasteiger partial charge in [0.15, 0.2) is 0 Å². The third kappa shape index (κ3) is 11.7. The molecule has 0 heterocycles. The van der Waals surface area contributed by atoms with Crippen LogP contribution in [-0.4, -0.2) is 23.9 Å². The third-order valence-electron chi connectivity index (χ3n) is 6.92. The second-order valence-corrected chi connectivity index (χ2v) is 10.7. The van der Waals surface area contributed by atoms with Crippen LogP contribution in [0.1, 0.15) is 111 Å². The molecule has 3 aromatic rings. The Morgan fingerprint density at radius 3 is 1.41 bits per heavy atom. The highest BCUT2D eigenvalue weighted by molar-refractivity contribution is 5.92. The summed E-state index contributed by atoms with van der Waals surface area (Å²) in [4.78, 5) is 49.4. The molecule has 0 saturated heterocycles. The summed E-state index contributed by atoms with van der Waals surface area (Å²) < 4.78 is 21.7. The number of hydrogen-bond donors (Lipinski definition) is 0. The van der Waals surface area contributed by atoms with Gasteiger partial charge in [0.1, 0.15) is 23.0 Å². The van der Waals surface area contributed by atoms with Gasteiger partial charge < -0.3 is 18.9 Å². The molecule has 0 aromatic heterocycles. The van der Waals surface area contributed by atoms with Crippen LogP contribution in [0.4, 0.5) is 0 Å². The van der Waals surface area contributed by atoms with E-state index in [-0.39, 0.29) is 17.7 Å². The summed E-state index contributed by atoms with van der Waals surface area (Å²) in [5.41, 5.74) is 1.18. The van der Waals surface area contributed by atoms with Crippen LogP contribution in [0.15, 0.2) is 66.7 Å². The van der Waals surface area contributed by atoms with Crippen LogP contribution in [-0.2, 0) is 9.59 Å². The summed E-state index contributed by atoms with van der Waals surface area (Å²) in [6.45, 7) is 5.99.